The van der Waals surface area contributed by atoms with E-state index in [0.717, 1.165) is 12.2 Å². The van der Waals surface area contributed by atoms with Crippen molar-refractivity contribution in [3.05, 3.63) is 12.7 Å². The van der Waals surface area contributed by atoms with Crippen molar-refractivity contribution in [2.75, 3.05) is 0 Å². The van der Waals surface area contributed by atoms with E-state index in [9.17, 15) is 13.2 Å². The van der Waals surface area contributed by atoms with E-state index in [2.05, 4.69) is 11.6 Å². The molecular weight excluding hydrogens is 158 g/mol. The van der Waals surface area contributed by atoms with E-state index < -0.39 is 15.5 Å². The van der Waals surface area contributed by atoms with E-state index in [1.165, 1.54) is 0 Å². The number of rotatable bonds is 3. The van der Waals surface area contributed by atoms with Gasteiger partial charge in [-0.1, -0.05) is 6.58 Å². The number of carbonyl (C=O) groups excluding carboxylic acids is 1. The Balaban J connectivity index is 4.70. The monoisotopic (exact) mass is 163 g/mol. The van der Waals surface area contributed by atoms with Crippen LogP contribution in [0.5, 0.6) is 0 Å². The van der Waals surface area contributed by atoms with E-state index in [1.807, 2.05) is 0 Å². The average molecular weight is 163 g/mol. The minimum atomic E-state index is -4.32. The summed E-state index contributed by atoms with van der Waals surface area (Å²) in [6, 6.07) is 0. The number of nitrogens with zero attached hydrogens (tertiary/aromatic N) is 1. The van der Waals surface area contributed by atoms with E-state index in [0.29, 0.717) is 0 Å². The molecule has 0 aromatic rings. The summed E-state index contributed by atoms with van der Waals surface area (Å²) in [5.74, 6) is 0. The van der Waals surface area contributed by atoms with Gasteiger partial charge in [-0.15, -0.1) is 0 Å². The first kappa shape index (κ1) is 9.03. The lowest BCUT2D eigenvalue weighted by atomic mass is 10.6. The Morgan fingerprint density at radius 1 is 1.70 bits per heavy atom. The molecule has 0 rings (SSSR count). The molecule has 0 bridgehead atoms. The molecule has 0 aromatic carbocycles. The van der Waals surface area contributed by atoms with Gasteiger partial charge < -0.3 is 0 Å². The smallest absolute Gasteiger partial charge is 0.284 e. The summed E-state index contributed by atoms with van der Waals surface area (Å²) in [6.45, 7) is 3.03. The molecule has 5 nitrogen and oxygen atoms in total. The third-order valence-corrected chi connectivity index (χ3v) is 1.59. The number of hydrogen-bond donors (Lipinski definition) is 1. The fourth-order valence-electron chi connectivity index (χ4n) is 0.293. The molecule has 6 heteroatoms. The SMILES string of the molecule is C=CC(N=C=O)S(=O)(=O)O. The molecule has 0 aliphatic carbocycles. The highest BCUT2D eigenvalue weighted by molar-refractivity contribution is 7.86. The second kappa shape index (κ2) is 3.26. The molecule has 0 amide bonds. The van der Waals surface area contributed by atoms with Gasteiger partial charge in [0.2, 0.25) is 11.5 Å². The quantitative estimate of drug-likeness (QED) is 0.268. The van der Waals surface area contributed by atoms with Crippen LogP contribution in [0.25, 0.3) is 0 Å². The summed E-state index contributed by atoms with van der Waals surface area (Å²) >= 11 is 0. The fraction of sp³-hybridized carbons (Fsp3) is 0.250. The lowest BCUT2D eigenvalue weighted by Gasteiger charge is -1.96. The van der Waals surface area contributed by atoms with Gasteiger partial charge in [-0.3, -0.25) is 4.55 Å². The van der Waals surface area contributed by atoms with Crippen molar-refractivity contribution >= 4 is 16.2 Å². The predicted octanol–water partition coefficient (Wildman–Crippen LogP) is -0.278. The van der Waals surface area contributed by atoms with Crippen molar-refractivity contribution in [1.82, 2.24) is 0 Å². The highest BCUT2D eigenvalue weighted by Gasteiger charge is 2.17. The minimum Gasteiger partial charge on any atom is -0.284 e. The number of isocyanates is 1. The van der Waals surface area contributed by atoms with Gasteiger partial charge in [0.15, 0.2) is 0 Å². The summed E-state index contributed by atoms with van der Waals surface area (Å²) in [6.07, 6.45) is 1.81. The van der Waals surface area contributed by atoms with Crippen LogP contribution >= 0.6 is 0 Å². The Bertz CT molecular complexity index is 261. The van der Waals surface area contributed by atoms with Crippen LogP contribution in [-0.2, 0) is 14.9 Å². The van der Waals surface area contributed by atoms with Crippen LogP contribution in [0, 0.1) is 0 Å². The van der Waals surface area contributed by atoms with Crippen LogP contribution in [0.3, 0.4) is 0 Å². The average Bonchev–Trinajstić information content (AvgIpc) is 1.80. The largest absolute Gasteiger partial charge is 0.292 e. The molecule has 10 heavy (non-hydrogen) atoms. The van der Waals surface area contributed by atoms with Crippen molar-refractivity contribution in [3.8, 4) is 0 Å². The third-order valence-electron chi connectivity index (χ3n) is 0.687. The Hall–Kier alpha value is -0.970. The first-order chi connectivity index (χ1) is 4.52. The second-order valence-electron chi connectivity index (χ2n) is 1.36. The summed E-state index contributed by atoms with van der Waals surface area (Å²) in [7, 11) is -4.32. The van der Waals surface area contributed by atoms with E-state index in [-0.39, 0.29) is 0 Å². The van der Waals surface area contributed by atoms with Gasteiger partial charge in [-0.2, -0.15) is 13.4 Å². The molecule has 0 aliphatic rings. The Morgan fingerprint density at radius 3 is 2.30 bits per heavy atom. The molecule has 1 N–H and O–H groups in total. The van der Waals surface area contributed by atoms with Crippen LogP contribution < -0.4 is 0 Å². The topological polar surface area (TPSA) is 83.8 Å². The van der Waals surface area contributed by atoms with Gasteiger partial charge in [0, 0.05) is 0 Å². The van der Waals surface area contributed by atoms with Crippen LogP contribution in [-0.4, -0.2) is 24.4 Å². The molecule has 1 unspecified atom stereocenters. The van der Waals surface area contributed by atoms with E-state index in [1.54, 1.807) is 0 Å². The molecule has 0 aromatic heterocycles. The molecular formula is C4H5NO4S. The molecule has 0 fully saturated rings. The highest BCUT2D eigenvalue weighted by Crippen LogP contribution is 1.99. The fourth-order valence-corrected chi connectivity index (χ4v) is 0.712. The number of aliphatic imine (C=N–C) groups is 1. The van der Waals surface area contributed by atoms with E-state index in [4.69, 9.17) is 4.55 Å². The molecule has 1 atom stereocenters. The molecule has 0 spiro atoms. The Labute approximate surface area is 57.8 Å². The lowest BCUT2D eigenvalue weighted by molar-refractivity contribution is 0.475. The maximum Gasteiger partial charge on any atom is 0.292 e. The zero-order chi connectivity index (χ0) is 8.20. The summed E-state index contributed by atoms with van der Waals surface area (Å²) in [5.41, 5.74) is 0. The zero-order valence-electron chi connectivity index (χ0n) is 4.89. The first-order valence-corrected chi connectivity index (χ1v) is 3.68. The molecule has 56 valence electrons. The molecule has 0 heterocycles. The highest BCUT2D eigenvalue weighted by atomic mass is 32.2. The minimum absolute atomic E-state index is 0.820. The van der Waals surface area contributed by atoms with E-state index >= 15 is 0 Å². The van der Waals surface area contributed by atoms with Gasteiger partial charge in [0.1, 0.15) is 0 Å². The van der Waals surface area contributed by atoms with Crippen LogP contribution in [0.4, 0.5) is 0 Å². The Morgan fingerprint density at radius 2 is 2.20 bits per heavy atom. The molecule has 0 saturated heterocycles. The van der Waals surface area contributed by atoms with Gasteiger partial charge >= 0.3 is 0 Å². The van der Waals surface area contributed by atoms with Crippen molar-refractivity contribution in [2.24, 2.45) is 4.99 Å². The van der Waals surface area contributed by atoms with Crippen molar-refractivity contribution < 1.29 is 17.8 Å². The van der Waals surface area contributed by atoms with Crippen molar-refractivity contribution in [3.63, 3.8) is 0 Å². The maximum absolute atomic E-state index is 10.2. The van der Waals surface area contributed by atoms with Crippen molar-refractivity contribution in [1.29, 1.82) is 0 Å². The standard InChI is InChI=1S/C4H5NO4S/c1-2-4(5-3-6)10(7,8)9/h2,4H,1H2,(H,7,8,9). The second-order valence-corrected chi connectivity index (χ2v) is 2.87. The van der Waals surface area contributed by atoms with Gasteiger partial charge in [0.25, 0.3) is 10.1 Å². The van der Waals surface area contributed by atoms with Crippen LogP contribution in [0.15, 0.2) is 17.6 Å². The lowest BCUT2D eigenvalue weighted by Crippen LogP contribution is -2.14. The third kappa shape index (κ3) is 2.54. The number of hydrogen-bond acceptors (Lipinski definition) is 4. The zero-order valence-corrected chi connectivity index (χ0v) is 5.71. The summed E-state index contributed by atoms with van der Waals surface area (Å²) < 4.78 is 28.6. The molecule has 0 aliphatic heterocycles. The van der Waals surface area contributed by atoms with Crippen molar-refractivity contribution in [2.45, 2.75) is 5.37 Å². The molecule has 0 radical (unpaired) electrons. The van der Waals surface area contributed by atoms with Gasteiger partial charge in [0.05, 0.1) is 0 Å². The molecule has 0 saturated carbocycles. The predicted molar refractivity (Wildman–Crippen MR) is 33.7 cm³/mol. The summed E-state index contributed by atoms with van der Waals surface area (Å²) in [4.78, 5) is 12.3. The Kier molecular flexibility index (Phi) is 2.95. The van der Waals surface area contributed by atoms with Gasteiger partial charge in [-0.05, 0) is 6.08 Å². The van der Waals surface area contributed by atoms with Crippen LogP contribution in [0.1, 0.15) is 0 Å². The maximum atomic E-state index is 10.2. The van der Waals surface area contributed by atoms with Gasteiger partial charge in [-0.25, -0.2) is 4.79 Å². The normalized spacial score (nSPS) is 13.3. The summed E-state index contributed by atoms with van der Waals surface area (Å²) in [5, 5.41) is -1.59. The van der Waals surface area contributed by atoms with Crippen LogP contribution in [0.2, 0.25) is 0 Å². The first-order valence-electron chi connectivity index (χ1n) is 2.18.